The number of ketones is 1. The summed E-state index contributed by atoms with van der Waals surface area (Å²) < 4.78 is 43.1. The molecule has 0 aliphatic heterocycles. The molecule has 6 rings (SSSR count). The molecule has 3 N–H and O–H groups in total. The first kappa shape index (κ1) is 42.3. The average molecular weight is 803 g/mol. The zero-order chi connectivity index (χ0) is 40.7. The van der Waals surface area contributed by atoms with Crippen LogP contribution in [0.5, 0.6) is 0 Å². The van der Waals surface area contributed by atoms with Crippen LogP contribution >= 0.6 is 11.6 Å². The molecule has 5 aliphatic rings. The Bertz CT molecular complexity index is 1840. The van der Waals surface area contributed by atoms with Gasteiger partial charge in [0.1, 0.15) is 11.4 Å². The van der Waals surface area contributed by atoms with Crippen molar-refractivity contribution in [3.8, 4) is 0 Å². The van der Waals surface area contributed by atoms with E-state index < -0.39 is 38.6 Å². The van der Waals surface area contributed by atoms with Gasteiger partial charge in [-0.15, -0.1) is 0 Å². The molecule has 0 heterocycles. The average Bonchev–Trinajstić information content (AvgIpc) is 3.36. The van der Waals surface area contributed by atoms with Gasteiger partial charge in [0.15, 0.2) is 5.78 Å². The highest BCUT2D eigenvalue weighted by atomic mass is 35.5. The van der Waals surface area contributed by atoms with Gasteiger partial charge < -0.3 is 15.2 Å². The van der Waals surface area contributed by atoms with E-state index in [-0.39, 0.29) is 64.3 Å². The highest BCUT2D eigenvalue weighted by Crippen LogP contribution is 2.76. The summed E-state index contributed by atoms with van der Waals surface area (Å²) in [7, 11) is -4.56. The van der Waals surface area contributed by atoms with Crippen molar-refractivity contribution in [3.05, 3.63) is 46.0 Å². The van der Waals surface area contributed by atoms with Gasteiger partial charge >= 0.3 is 11.9 Å². The smallest absolute Gasteiger partial charge is 0.309 e. The maximum absolute atomic E-state index is 14.6. The molecule has 55 heavy (non-hydrogen) atoms. The second-order valence-corrected chi connectivity index (χ2v) is 22.3. The summed E-state index contributed by atoms with van der Waals surface area (Å²) in [6.07, 6.45) is 6.71. The number of Topliss-reactive ketones (excluding diaryl/α,β-unsaturated/α-hetero) is 1. The second-order valence-electron chi connectivity index (χ2n) is 20.2. The van der Waals surface area contributed by atoms with Gasteiger partial charge in [-0.2, -0.15) is 8.42 Å². The van der Waals surface area contributed by atoms with Crippen molar-refractivity contribution in [2.24, 2.45) is 62.6 Å². The highest BCUT2D eigenvalue weighted by molar-refractivity contribution is 7.86. The lowest BCUT2D eigenvalue weighted by Gasteiger charge is -2.71. The SMILES string of the molecule is CC(C)C1=C2C(CC[C@]3(C)[C@@H]2CC[C@@H]2[C@@]4(C)CC[C@H](OC(=O)CC(C)(C)C(=O)O)C(C)(C)[C@H]4CC[C@]23C)[C@H]([C@H](CNCc2ccc(Cl)cc2)S(=O)(=O)O)C1=O. The molecule has 9 nitrogen and oxygen atoms in total. The van der Waals surface area contributed by atoms with Crippen LogP contribution in [0.25, 0.3) is 0 Å². The molecule has 4 fully saturated rings. The Morgan fingerprint density at radius 3 is 2.18 bits per heavy atom. The maximum Gasteiger partial charge on any atom is 0.309 e. The fraction of sp³-hybridized carbons (Fsp3) is 0.750. The van der Waals surface area contributed by atoms with Crippen LogP contribution in [0, 0.1) is 62.6 Å². The molecule has 0 saturated heterocycles. The molecule has 0 bridgehead atoms. The third-order valence-corrected chi connectivity index (χ3v) is 17.7. The van der Waals surface area contributed by atoms with Crippen LogP contribution in [0.3, 0.4) is 0 Å². The lowest BCUT2D eigenvalue weighted by molar-refractivity contribution is -0.232. The van der Waals surface area contributed by atoms with Crippen LogP contribution in [0.1, 0.15) is 126 Å². The monoisotopic (exact) mass is 801 g/mol. The number of fused-ring (bicyclic) bond motifs is 7. The molecule has 11 heteroatoms. The van der Waals surface area contributed by atoms with Crippen LogP contribution in [0.15, 0.2) is 35.4 Å². The minimum atomic E-state index is -4.56. The van der Waals surface area contributed by atoms with Crippen molar-refractivity contribution < 1.29 is 37.2 Å². The number of hydrogen-bond donors (Lipinski definition) is 3. The van der Waals surface area contributed by atoms with Gasteiger partial charge in [0.25, 0.3) is 10.1 Å². The summed E-state index contributed by atoms with van der Waals surface area (Å²) in [6.45, 7) is 19.4. The van der Waals surface area contributed by atoms with E-state index in [0.717, 1.165) is 61.7 Å². The van der Waals surface area contributed by atoms with Crippen molar-refractivity contribution in [3.63, 3.8) is 0 Å². The molecular formula is C44H64ClNO8S. The van der Waals surface area contributed by atoms with Crippen molar-refractivity contribution in [2.75, 3.05) is 6.54 Å². The first-order valence-electron chi connectivity index (χ1n) is 20.5. The number of hydrogen-bond acceptors (Lipinski definition) is 7. The van der Waals surface area contributed by atoms with E-state index in [1.807, 2.05) is 26.0 Å². The summed E-state index contributed by atoms with van der Waals surface area (Å²) in [6, 6.07) is 7.30. The number of carbonyl (C=O) groups is 3. The Morgan fingerprint density at radius 2 is 1.58 bits per heavy atom. The summed E-state index contributed by atoms with van der Waals surface area (Å²) in [4.78, 5) is 39.4. The molecular weight excluding hydrogens is 738 g/mol. The number of rotatable bonds is 11. The lowest BCUT2D eigenvalue weighted by Crippen LogP contribution is -2.65. The van der Waals surface area contributed by atoms with E-state index in [2.05, 4.69) is 39.9 Å². The quantitative estimate of drug-likeness (QED) is 0.147. The van der Waals surface area contributed by atoms with Gasteiger partial charge in [-0.3, -0.25) is 18.9 Å². The summed E-state index contributed by atoms with van der Waals surface area (Å²) in [5.74, 6) is -1.83. The van der Waals surface area contributed by atoms with Gasteiger partial charge in [0.2, 0.25) is 0 Å². The Labute approximate surface area is 333 Å². The summed E-state index contributed by atoms with van der Waals surface area (Å²) in [5, 5.41) is 12.2. The van der Waals surface area contributed by atoms with Gasteiger partial charge in [-0.1, -0.05) is 77.8 Å². The Kier molecular flexibility index (Phi) is 11.2. The number of allylic oxidation sites excluding steroid dienone is 2. The second kappa shape index (κ2) is 14.5. The number of esters is 1. The standard InChI is InChI=1S/C44H64ClNO8S/c1-25(2)35-36-28(37(38(35)48)30(55(51,52)53)24-46-23-26-10-12-27(45)13-11-26)16-20-43(8)29(36)14-15-32-42(7)19-18-33(54-34(47)22-40(3,4)39(49)50)41(5,6)31(42)17-21-44(32,43)9/h10-13,25,28-33,37,46H,14-24H2,1-9H3,(H,49,50)(H,51,52,53)/t28?,29-,30+,31-,32-,33+,37-,42+,43-,44-/m1/s1. The minimum absolute atomic E-state index is 0.000318. The van der Waals surface area contributed by atoms with Crippen molar-refractivity contribution in [2.45, 2.75) is 138 Å². The van der Waals surface area contributed by atoms with Crippen molar-refractivity contribution in [1.82, 2.24) is 5.32 Å². The maximum atomic E-state index is 14.6. The first-order chi connectivity index (χ1) is 25.4. The number of ether oxygens (including phenoxy) is 1. The molecule has 306 valence electrons. The highest BCUT2D eigenvalue weighted by Gasteiger charge is 2.69. The van der Waals surface area contributed by atoms with E-state index >= 15 is 0 Å². The molecule has 0 amide bonds. The summed E-state index contributed by atoms with van der Waals surface area (Å²) >= 11 is 6.06. The predicted molar refractivity (Wildman–Crippen MR) is 214 cm³/mol. The Balaban J connectivity index is 1.26. The van der Waals surface area contributed by atoms with Crippen molar-refractivity contribution >= 4 is 39.4 Å². The third kappa shape index (κ3) is 7.05. The lowest BCUT2D eigenvalue weighted by atomic mass is 9.33. The van der Waals surface area contributed by atoms with E-state index in [4.69, 9.17) is 16.3 Å². The van der Waals surface area contributed by atoms with E-state index in [1.165, 1.54) is 0 Å². The third-order valence-electron chi connectivity index (χ3n) is 16.3. The number of halogens is 1. The van der Waals surface area contributed by atoms with Gasteiger partial charge in [-0.05, 0) is 134 Å². The number of aliphatic carboxylic acids is 1. The van der Waals surface area contributed by atoms with Crippen LogP contribution in [-0.2, 0) is 35.8 Å². The molecule has 0 spiro atoms. The number of carboxylic acids is 1. The molecule has 10 atom stereocenters. The first-order valence-corrected chi connectivity index (χ1v) is 22.4. The van der Waals surface area contributed by atoms with Crippen molar-refractivity contribution in [1.29, 1.82) is 0 Å². The molecule has 1 unspecified atom stereocenters. The van der Waals surface area contributed by atoms with Gasteiger partial charge in [-0.25, -0.2) is 0 Å². The van der Waals surface area contributed by atoms with E-state index in [0.29, 0.717) is 29.8 Å². The Hall–Kier alpha value is -2.27. The van der Waals surface area contributed by atoms with E-state index in [9.17, 15) is 32.5 Å². The van der Waals surface area contributed by atoms with Crippen LogP contribution in [0.4, 0.5) is 0 Å². The van der Waals surface area contributed by atoms with Crippen LogP contribution in [0.2, 0.25) is 5.02 Å². The number of carboxylic acid groups (broad SMARTS) is 1. The molecule has 0 aromatic heterocycles. The molecule has 4 saturated carbocycles. The topological polar surface area (TPSA) is 147 Å². The molecule has 5 aliphatic carbocycles. The van der Waals surface area contributed by atoms with Gasteiger partial charge in [0.05, 0.1) is 11.8 Å². The zero-order valence-corrected chi connectivity index (χ0v) is 35.9. The van der Waals surface area contributed by atoms with Crippen LogP contribution in [-0.4, -0.2) is 53.7 Å². The minimum Gasteiger partial charge on any atom is -0.481 e. The normalized spacial score (nSPS) is 36.4. The Morgan fingerprint density at radius 1 is 0.945 bits per heavy atom. The fourth-order valence-corrected chi connectivity index (χ4v) is 14.4. The van der Waals surface area contributed by atoms with Crippen LogP contribution < -0.4 is 5.32 Å². The molecule has 1 aromatic carbocycles. The number of benzene rings is 1. The fourth-order valence-electron chi connectivity index (χ4n) is 13.3. The number of nitrogens with one attached hydrogen (secondary N) is 1. The molecule has 1 aromatic rings. The van der Waals surface area contributed by atoms with E-state index in [1.54, 1.807) is 26.0 Å². The summed E-state index contributed by atoms with van der Waals surface area (Å²) in [5.41, 5.74) is 1.25. The molecule has 0 radical (unpaired) electrons. The zero-order valence-electron chi connectivity index (χ0n) is 34.3. The largest absolute Gasteiger partial charge is 0.481 e. The van der Waals surface area contributed by atoms with Gasteiger partial charge in [0, 0.05) is 29.4 Å². The number of carbonyl (C=O) groups excluding carboxylic acids is 2. The predicted octanol–water partition coefficient (Wildman–Crippen LogP) is 8.94.